The van der Waals surface area contributed by atoms with Crippen LogP contribution < -0.4 is 5.32 Å². The first-order valence-corrected chi connectivity index (χ1v) is 5.60. The number of nitro benzene ring substituents is 1. The Balaban J connectivity index is 2.30. The molecule has 0 heterocycles. The number of benzene rings is 1. The van der Waals surface area contributed by atoms with Crippen molar-refractivity contribution in [3.05, 3.63) is 33.3 Å². The van der Waals surface area contributed by atoms with Crippen molar-refractivity contribution >= 4 is 23.0 Å². The first-order valence-electron chi connectivity index (χ1n) is 5.22. The molecule has 0 radical (unpaired) electrons. The van der Waals surface area contributed by atoms with Gasteiger partial charge in [-0.2, -0.15) is 0 Å². The molecule has 1 fully saturated rings. The predicted octanol–water partition coefficient (Wildman–Crippen LogP) is 3.60. The molecule has 16 heavy (non-hydrogen) atoms. The van der Waals surface area contributed by atoms with E-state index in [1.807, 2.05) is 0 Å². The fraction of sp³-hybridized carbons (Fsp3) is 0.455. The molecule has 0 amide bonds. The zero-order valence-electron chi connectivity index (χ0n) is 9.00. The summed E-state index contributed by atoms with van der Waals surface area (Å²) in [4.78, 5) is 10.5. The van der Waals surface area contributed by atoms with E-state index in [0.717, 1.165) is 19.3 Å². The zero-order chi connectivity index (χ0) is 11.8. The van der Waals surface area contributed by atoms with Crippen molar-refractivity contribution in [1.82, 2.24) is 0 Å². The summed E-state index contributed by atoms with van der Waals surface area (Å²) >= 11 is 5.85. The van der Waals surface area contributed by atoms with E-state index in [1.54, 1.807) is 6.07 Å². The third kappa shape index (κ3) is 2.11. The van der Waals surface area contributed by atoms with Crippen molar-refractivity contribution in [1.29, 1.82) is 0 Å². The van der Waals surface area contributed by atoms with Gasteiger partial charge in [0.25, 0.3) is 5.69 Å². The molecule has 0 unspecified atom stereocenters. The number of hydrogen-bond donors (Lipinski definition) is 1. The molecular formula is C11H13ClN2O2. The van der Waals surface area contributed by atoms with E-state index in [1.165, 1.54) is 12.1 Å². The Morgan fingerprint density at radius 1 is 1.50 bits per heavy atom. The van der Waals surface area contributed by atoms with E-state index in [0.29, 0.717) is 10.7 Å². The first-order chi connectivity index (χ1) is 7.50. The van der Waals surface area contributed by atoms with E-state index in [4.69, 9.17) is 11.6 Å². The predicted molar refractivity (Wildman–Crippen MR) is 64.0 cm³/mol. The number of halogens is 1. The van der Waals surface area contributed by atoms with Crippen molar-refractivity contribution in [2.24, 2.45) is 0 Å². The molecule has 0 aromatic heterocycles. The van der Waals surface area contributed by atoms with Crippen LogP contribution in [0.5, 0.6) is 0 Å². The average Bonchev–Trinajstić information content (AvgIpc) is 2.15. The van der Waals surface area contributed by atoms with Gasteiger partial charge in [-0.3, -0.25) is 10.1 Å². The lowest BCUT2D eigenvalue weighted by Crippen LogP contribution is -2.41. The van der Waals surface area contributed by atoms with Crippen LogP contribution in [-0.4, -0.2) is 10.5 Å². The summed E-state index contributed by atoms with van der Waals surface area (Å²) in [6.45, 7) is 2.07. The lowest BCUT2D eigenvalue weighted by Gasteiger charge is -2.39. The van der Waals surface area contributed by atoms with Crippen LogP contribution in [0.4, 0.5) is 11.4 Å². The van der Waals surface area contributed by atoms with Gasteiger partial charge in [0.05, 0.1) is 4.92 Å². The minimum atomic E-state index is -0.388. The monoisotopic (exact) mass is 240 g/mol. The topological polar surface area (TPSA) is 55.2 Å². The Morgan fingerprint density at radius 2 is 2.19 bits per heavy atom. The molecule has 1 saturated carbocycles. The third-order valence-corrected chi connectivity index (χ3v) is 3.28. The highest BCUT2D eigenvalue weighted by Crippen LogP contribution is 2.38. The van der Waals surface area contributed by atoms with Crippen molar-refractivity contribution in [2.45, 2.75) is 31.7 Å². The number of nitro groups is 1. The van der Waals surface area contributed by atoms with E-state index >= 15 is 0 Å². The molecule has 1 aromatic rings. The third-order valence-electron chi connectivity index (χ3n) is 3.05. The highest BCUT2D eigenvalue weighted by Gasteiger charge is 2.33. The summed E-state index contributed by atoms with van der Waals surface area (Å²) in [5, 5.41) is 14.6. The quantitative estimate of drug-likeness (QED) is 0.649. The summed E-state index contributed by atoms with van der Waals surface area (Å²) < 4.78 is 0. The van der Waals surface area contributed by atoms with Crippen LogP contribution in [0.25, 0.3) is 0 Å². The van der Waals surface area contributed by atoms with Gasteiger partial charge in [-0.05, 0) is 38.3 Å². The minimum absolute atomic E-state index is 0.0184. The largest absolute Gasteiger partial charge is 0.374 e. The maximum atomic E-state index is 10.8. The Morgan fingerprint density at radius 3 is 2.69 bits per heavy atom. The molecule has 1 N–H and O–H groups in total. The van der Waals surface area contributed by atoms with Crippen LogP contribution in [-0.2, 0) is 0 Å². The Kier molecular flexibility index (Phi) is 2.76. The number of hydrogen-bond acceptors (Lipinski definition) is 3. The standard InChI is InChI=1S/C11H13ClN2O2/c1-11(5-2-6-11)13-9-7-8(12)3-4-10(9)14(15)16/h3-4,7,13H,2,5-6H2,1H3. The van der Waals surface area contributed by atoms with Crippen LogP contribution in [0, 0.1) is 10.1 Å². The highest BCUT2D eigenvalue weighted by molar-refractivity contribution is 6.31. The van der Waals surface area contributed by atoms with E-state index in [2.05, 4.69) is 12.2 Å². The Hall–Kier alpha value is -1.29. The first kappa shape index (κ1) is 11.2. The number of anilines is 1. The summed E-state index contributed by atoms with van der Waals surface area (Å²) in [6.07, 6.45) is 3.24. The van der Waals surface area contributed by atoms with Crippen LogP contribution in [0.2, 0.25) is 5.02 Å². The maximum Gasteiger partial charge on any atom is 0.292 e. The summed E-state index contributed by atoms with van der Waals surface area (Å²) in [5.74, 6) is 0. The van der Waals surface area contributed by atoms with Crippen molar-refractivity contribution in [2.75, 3.05) is 5.32 Å². The van der Waals surface area contributed by atoms with E-state index in [9.17, 15) is 10.1 Å². The SMILES string of the molecule is CC1(Nc2cc(Cl)ccc2[N+](=O)[O-])CCC1. The summed E-state index contributed by atoms with van der Waals surface area (Å²) in [7, 11) is 0. The van der Waals surface area contributed by atoms with Gasteiger partial charge in [0.1, 0.15) is 5.69 Å². The lowest BCUT2D eigenvalue weighted by molar-refractivity contribution is -0.384. The maximum absolute atomic E-state index is 10.8. The number of nitrogens with zero attached hydrogens (tertiary/aromatic N) is 1. The van der Waals surface area contributed by atoms with Gasteiger partial charge in [0, 0.05) is 16.6 Å². The van der Waals surface area contributed by atoms with Crippen LogP contribution in [0.3, 0.4) is 0 Å². The lowest BCUT2D eigenvalue weighted by atomic mass is 9.78. The molecule has 0 bridgehead atoms. The van der Waals surface area contributed by atoms with Crippen LogP contribution >= 0.6 is 11.6 Å². The molecule has 2 rings (SSSR count). The second kappa shape index (κ2) is 3.94. The second-order valence-electron chi connectivity index (χ2n) is 4.46. The summed E-state index contributed by atoms with van der Waals surface area (Å²) in [5.41, 5.74) is 0.576. The van der Waals surface area contributed by atoms with Gasteiger partial charge in [0.15, 0.2) is 0 Å². The molecular weight excluding hydrogens is 228 g/mol. The molecule has 0 saturated heterocycles. The molecule has 0 aliphatic heterocycles. The average molecular weight is 241 g/mol. The fourth-order valence-corrected chi connectivity index (χ4v) is 2.10. The van der Waals surface area contributed by atoms with Crippen molar-refractivity contribution in [3.63, 3.8) is 0 Å². The van der Waals surface area contributed by atoms with E-state index < -0.39 is 0 Å². The smallest absolute Gasteiger partial charge is 0.292 e. The molecule has 1 aliphatic rings. The molecule has 4 nitrogen and oxygen atoms in total. The van der Waals surface area contributed by atoms with Crippen LogP contribution in [0.15, 0.2) is 18.2 Å². The second-order valence-corrected chi connectivity index (χ2v) is 4.89. The summed E-state index contributed by atoms with van der Waals surface area (Å²) in [6, 6.07) is 4.59. The molecule has 1 aliphatic carbocycles. The van der Waals surface area contributed by atoms with Crippen molar-refractivity contribution in [3.8, 4) is 0 Å². The van der Waals surface area contributed by atoms with Gasteiger partial charge in [0.2, 0.25) is 0 Å². The Labute approximate surface area is 98.8 Å². The zero-order valence-corrected chi connectivity index (χ0v) is 9.75. The molecule has 5 heteroatoms. The van der Waals surface area contributed by atoms with Gasteiger partial charge in [-0.1, -0.05) is 11.6 Å². The van der Waals surface area contributed by atoms with E-state index in [-0.39, 0.29) is 16.1 Å². The van der Waals surface area contributed by atoms with Gasteiger partial charge in [-0.25, -0.2) is 0 Å². The van der Waals surface area contributed by atoms with Crippen molar-refractivity contribution < 1.29 is 4.92 Å². The van der Waals surface area contributed by atoms with Gasteiger partial charge >= 0.3 is 0 Å². The van der Waals surface area contributed by atoms with Gasteiger partial charge in [-0.15, -0.1) is 0 Å². The fourth-order valence-electron chi connectivity index (χ4n) is 1.92. The molecule has 0 atom stereocenters. The Bertz CT molecular complexity index is 430. The number of nitrogens with one attached hydrogen (secondary N) is 1. The highest BCUT2D eigenvalue weighted by atomic mass is 35.5. The van der Waals surface area contributed by atoms with Crippen LogP contribution in [0.1, 0.15) is 26.2 Å². The molecule has 86 valence electrons. The minimum Gasteiger partial charge on any atom is -0.374 e. The van der Waals surface area contributed by atoms with Gasteiger partial charge < -0.3 is 5.32 Å². The molecule has 0 spiro atoms. The normalized spacial score (nSPS) is 17.6. The number of rotatable bonds is 3. The molecule has 1 aromatic carbocycles.